The molecule has 2 atom stereocenters. The number of carbonyl (C=O) groups excluding carboxylic acids is 1. The number of benzene rings is 2. The minimum Gasteiger partial charge on any atom is -0.482 e. The summed E-state index contributed by atoms with van der Waals surface area (Å²) >= 11 is 0. The molecular weight excluding hydrogens is 304 g/mol. The van der Waals surface area contributed by atoms with Gasteiger partial charge in [-0.15, -0.1) is 0 Å². The van der Waals surface area contributed by atoms with Gasteiger partial charge in [0, 0.05) is 26.3 Å². The predicted molar refractivity (Wildman–Crippen MR) is 93.6 cm³/mol. The molecule has 0 fully saturated rings. The molecule has 0 saturated carbocycles. The van der Waals surface area contributed by atoms with Crippen molar-refractivity contribution < 1.29 is 14.3 Å². The summed E-state index contributed by atoms with van der Waals surface area (Å²) in [5.41, 5.74) is 2.16. The Balaban J connectivity index is 1.61. The van der Waals surface area contributed by atoms with Crippen molar-refractivity contribution in [2.45, 2.75) is 25.7 Å². The number of carbonyl (C=O) groups is 1. The highest BCUT2D eigenvalue weighted by molar-refractivity contribution is 5.82. The predicted octanol–water partition coefficient (Wildman–Crippen LogP) is 2.60. The molecule has 2 aromatic carbocycles. The van der Waals surface area contributed by atoms with Crippen molar-refractivity contribution in [3.05, 3.63) is 54.1 Å². The first-order valence-electron chi connectivity index (χ1n) is 8.01. The maximum Gasteiger partial charge on any atom is 0.265 e. The number of nitrogens with zero attached hydrogens (tertiary/aromatic N) is 1. The van der Waals surface area contributed by atoms with Gasteiger partial charge in [0.15, 0.2) is 11.5 Å². The molecule has 0 bridgehead atoms. The number of nitrogens with one attached hydrogen (secondary N) is 1. The second-order valence-electron chi connectivity index (χ2n) is 6.09. The number of para-hydroxylation sites is 2. The molecule has 0 radical (unpaired) electrons. The molecule has 5 nitrogen and oxygen atoms in total. The van der Waals surface area contributed by atoms with E-state index in [4.69, 9.17) is 9.47 Å². The highest BCUT2D eigenvalue weighted by Gasteiger charge is 2.33. The zero-order valence-corrected chi connectivity index (χ0v) is 14.2. The molecule has 0 aromatic heterocycles. The van der Waals surface area contributed by atoms with Crippen LogP contribution in [0.15, 0.2) is 48.5 Å². The average Bonchev–Trinajstić information content (AvgIpc) is 2.59. The number of hydrogen-bond acceptors (Lipinski definition) is 4. The average molecular weight is 326 g/mol. The van der Waals surface area contributed by atoms with E-state index in [1.54, 1.807) is 0 Å². The Labute approximate surface area is 142 Å². The Bertz CT molecular complexity index is 713. The van der Waals surface area contributed by atoms with E-state index in [1.807, 2.05) is 74.4 Å². The fourth-order valence-corrected chi connectivity index (χ4v) is 2.61. The van der Waals surface area contributed by atoms with Crippen LogP contribution in [0, 0.1) is 0 Å². The van der Waals surface area contributed by atoms with Crippen molar-refractivity contribution >= 4 is 11.6 Å². The molecule has 0 aliphatic carbocycles. The third-order valence-corrected chi connectivity index (χ3v) is 4.02. The summed E-state index contributed by atoms with van der Waals surface area (Å²) in [6.45, 7) is 2.30. The van der Waals surface area contributed by atoms with Gasteiger partial charge in [-0.3, -0.25) is 4.79 Å². The molecular formula is C19H22N2O3. The van der Waals surface area contributed by atoms with E-state index >= 15 is 0 Å². The molecule has 0 unspecified atom stereocenters. The summed E-state index contributed by atoms with van der Waals surface area (Å²) in [6.07, 6.45) is -0.989. The molecule has 1 amide bonds. The maximum absolute atomic E-state index is 12.4. The molecule has 5 heteroatoms. The summed E-state index contributed by atoms with van der Waals surface area (Å²) in [7, 11) is 3.99. The van der Waals surface area contributed by atoms with E-state index in [-0.39, 0.29) is 12.0 Å². The van der Waals surface area contributed by atoms with Gasteiger partial charge in [-0.1, -0.05) is 24.3 Å². The standard InChI is InChI=1S/C19H22N2O3/c1-13-18(24-17-7-5-4-6-16(17)23-13)19(22)20-12-14-8-10-15(11-9-14)21(2)3/h4-11,13,18H,12H2,1-3H3,(H,20,22)/t13-,18+/m1/s1. The Kier molecular flexibility index (Phi) is 4.60. The van der Waals surface area contributed by atoms with E-state index in [1.165, 1.54) is 0 Å². The number of ether oxygens (including phenoxy) is 2. The van der Waals surface area contributed by atoms with Gasteiger partial charge in [0.05, 0.1) is 0 Å². The van der Waals surface area contributed by atoms with Crippen LogP contribution in [0.3, 0.4) is 0 Å². The van der Waals surface area contributed by atoms with Crippen LogP contribution in [0.1, 0.15) is 12.5 Å². The van der Waals surface area contributed by atoms with E-state index < -0.39 is 6.10 Å². The van der Waals surface area contributed by atoms with Gasteiger partial charge < -0.3 is 19.7 Å². The highest BCUT2D eigenvalue weighted by atomic mass is 16.6. The number of anilines is 1. The second kappa shape index (κ2) is 6.83. The van der Waals surface area contributed by atoms with Gasteiger partial charge in [-0.25, -0.2) is 0 Å². The van der Waals surface area contributed by atoms with Crippen LogP contribution >= 0.6 is 0 Å². The van der Waals surface area contributed by atoms with E-state index in [9.17, 15) is 4.79 Å². The molecule has 3 rings (SSSR count). The van der Waals surface area contributed by atoms with Gasteiger partial charge in [-0.05, 0) is 36.8 Å². The largest absolute Gasteiger partial charge is 0.482 e. The fourth-order valence-electron chi connectivity index (χ4n) is 2.61. The van der Waals surface area contributed by atoms with Crippen LogP contribution in [0.2, 0.25) is 0 Å². The summed E-state index contributed by atoms with van der Waals surface area (Å²) in [4.78, 5) is 14.5. The zero-order chi connectivity index (χ0) is 17.1. The fraction of sp³-hybridized carbons (Fsp3) is 0.316. The third kappa shape index (κ3) is 3.45. The topological polar surface area (TPSA) is 50.8 Å². The summed E-state index contributed by atoms with van der Waals surface area (Å²) < 4.78 is 11.6. The zero-order valence-electron chi connectivity index (χ0n) is 14.2. The van der Waals surface area contributed by atoms with Crippen LogP contribution in [-0.4, -0.2) is 32.2 Å². The SMILES string of the molecule is C[C@H]1Oc2ccccc2O[C@@H]1C(=O)NCc1ccc(N(C)C)cc1. The number of amides is 1. The van der Waals surface area contributed by atoms with Gasteiger partial charge in [0.2, 0.25) is 6.10 Å². The van der Waals surface area contributed by atoms with Crippen molar-refractivity contribution in [1.29, 1.82) is 0 Å². The van der Waals surface area contributed by atoms with Crippen molar-refractivity contribution in [2.24, 2.45) is 0 Å². The Morgan fingerprint density at radius 3 is 2.29 bits per heavy atom. The lowest BCUT2D eigenvalue weighted by atomic mass is 10.1. The lowest BCUT2D eigenvalue weighted by Crippen LogP contribution is -2.48. The highest BCUT2D eigenvalue weighted by Crippen LogP contribution is 2.33. The first kappa shape index (κ1) is 16.2. The minimum atomic E-state index is -0.652. The number of rotatable bonds is 4. The van der Waals surface area contributed by atoms with Crippen LogP contribution in [0.5, 0.6) is 11.5 Å². The van der Waals surface area contributed by atoms with E-state index in [0.29, 0.717) is 18.0 Å². The first-order chi connectivity index (χ1) is 11.5. The van der Waals surface area contributed by atoms with Crippen molar-refractivity contribution in [2.75, 3.05) is 19.0 Å². The molecule has 1 N–H and O–H groups in total. The van der Waals surface area contributed by atoms with Crippen molar-refractivity contribution in [1.82, 2.24) is 5.32 Å². The Morgan fingerprint density at radius 2 is 1.67 bits per heavy atom. The molecule has 24 heavy (non-hydrogen) atoms. The van der Waals surface area contributed by atoms with Crippen molar-refractivity contribution in [3.63, 3.8) is 0 Å². The summed E-state index contributed by atoms with van der Waals surface area (Å²) in [6, 6.07) is 15.5. The van der Waals surface area contributed by atoms with Gasteiger partial charge in [0.25, 0.3) is 5.91 Å². The van der Waals surface area contributed by atoms with Gasteiger partial charge >= 0.3 is 0 Å². The quantitative estimate of drug-likeness (QED) is 0.938. The van der Waals surface area contributed by atoms with Crippen LogP contribution < -0.4 is 19.7 Å². The Hall–Kier alpha value is -2.69. The molecule has 1 aliphatic rings. The smallest absolute Gasteiger partial charge is 0.265 e. The second-order valence-corrected chi connectivity index (χ2v) is 6.09. The lowest BCUT2D eigenvalue weighted by Gasteiger charge is -2.31. The summed E-state index contributed by atoms with van der Waals surface area (Å²) in [5.74, 6) is 1.10. The van der Waals surface area contributed by atoms with Crippen LogP contribution in [0.25, 0.3) is 0 Å². The van der Waals surface area contributed by atoms with Crippen molar-refractivity contribution in [3.8, 4) is 11.5 Å². The molecule has 0 spiro atoms. The molecule has 0 saturated heterocycles. The molecule has 2 aromatic rings. The monoisotopic (exact) mass is 326 g/mol. The lowest BCUT2D eigenvalue weighted by molar-refractivity contribution is -0.133. The molecule has 1 aliphatic heterocycles. The normalized spacial score (nSPS) is 18.8. The summed E-state index contributed by atoms with van der Waals surface area (Å²) in [5, 5.41) is 2.92. The van der Waals surface area contributed by atoms with E-state index in [2.05, 4.69) is 5.32 Å². The van der Waals surface area contributed by atoms with Crippen LogP contribution in [0.4, 0.5) is 5.69 Å². The van der Waals surface area contributed by atoms with E-state index in [0.717, 1.165) is 11.3 Å². The number of hydrogen-bond donors (Lipinski definition) is 1. The van der Waals surface area contributed by atoms with Crippen LogP contribution in [-0.2, 0) is 11.3 Å². The minimum absolute atomic E-state index is 0.173. The third-order valence-electron chi connectivity index (χ3n) is 4.02. The maximum atomic E-state index is 12.4. The first-order valence-corrected chi connectivity index (χ1v) is 8.01. The molecule has 126 valence electrons. The Morgan fingerprint density at radius 1 is 1.04 bits per heavy atom. The molecule has 1 heterocycles. The number of fused-ring (bicyclic) bond motifs is 1. The van der Waals surface area contributed by atoms with Gasteiger partial charge in [0.1, 0.15) is 6.10 Å². The van der Waals surface area contributed by atoms with Gasteiger partial charge in [-0.2, -0.15) is 0 Å².